The average molecular weight is 244 g/mol. The number of carbonyl (C=O) groups is 1. The lowest BCUT2D eigenvalue weighted by Gasteiger charge is -2.23. The molecule has 0 saturated heterocycles. The highest BCUT2D eigenvalue weighted by Gasteiger charge is 2.20. The van der Waals surface area contributed by atoms with E-state index >= 15 is 0 Å². The lowest BCUT2D eigenvalue weighted by Crippen LogP contribution is -2.30. The number of benzene rings is 1. The highest BCUT2D eigenvalue weighted by Crippen LogP contribution is 2.20. The normalized spacial score (nSPS) is 11.7. The van der Waals surface area contributed by atoms with Crippen molar-refractivity contribution in [2.45, 2.75) is 39.2 Å². The summed E-state index contributed by atoms with van der Waals surface area (Å²) in [5, 5.41) is 9.25. The summed E-state index contributed by atoms with van der Waals surface area (Å²) in [6.07, 6.45) is 2.26. The maximum Gasteiger partial charge on any atom is 0.223 e. The Morgan fingerprint density at radius 1 is 1.33 bits per heavy atom. The van der Waals surface area contributed by atoms with Gasteiger partial charge in [0.05, 0.1) is 6.07 Å². The van der Waals surface area contributed by atoms with Crippen molar-refractivity contribution in [1.29, 1.82) is 5.26 Å². The third kappa shape index (κ3) is 3.33. The standard InChI is InChI=1S/C15H20N2O/c1-4-6-15(18)17(3)14(11-16)13-9-7-12(5-2)8-10-13/h7-10,14H,4-6H2,1-3H3. The molecule has 0 bridgehead atoms. The highest BCUT2D eigenvalue weighted by molar-refractivity contribution is 5.76. The van der Waals surface area contributed by atoms with E-state index in [1.165, 1.54) is 10.5 Å². The molecule has 0 heterocycles. The van der Waals surface area contributed by atoms with Crippen molar-refractivity contribution in [2.75, 3.05) is 7.05 Å². The van der Waals surface area contributed by atoms with Gasteiger partial charge < -0.3 is 4.90 Å². The van der Waals surface area contributed by atoms with E-state index < -0.39 is 6.04 Å². The average Bonchev–Trinajstić information content (AvgIpc) is 2.40. The van der Waals surface area contributed by atoms with Gasteiger partial charge in [-0.25, -0.2) is 0 Å². The molecule has 0 aliphatic rings. The minimum atomic E-state index is -0.491. The van der Waals surface area contributed by atoms with Gasteiger partial charge in [-0.3, -0.25) is 4.79 Å². The number of nitriles is 1. The Morgan fingerprint density at radius 2 is 1.94 bits per heavy atom. The van der Waals surface area contributed by atoms with Gasteiger partial charge >= 0.3 is 0 Å². The molecule has 0 fully saturated rings. The van der Waals surface area contributed by atoms with Gasteiger partial charge in [-0.05, 0) is 24.0 Å². The van der Waals surface area contributed by atoms with Crippen LogP contribution in [0.1, 0.15) is 43.9 Å². The van der Waals surface area contributed by atoms with Crippen LogP contribution in [0.2, 0.25) is 0 Å². The molecule has 96 valence electrons. The number of hydrogen-bond acceptors (Lipinski definition) is 2. The monoisotopic (exact) mass is 244 g/mol. The lowest BCUT2D eigenvalue weighted by atomic mass is 10.0. The van der Waals surface area contributed by atoms with Crippen LogP contribution in [0.4, 0.5) is 0 Å². The molecule has 0 aromatic heterocycles. The Labute approximate surface area is 109 Å². The molecule has 1 aromatic rings. The molecule has 0 aliphatic heterocycles. The second-order valence-corrected chi connectivity index (χ2v) is 4.38. The largest absolute Gasteiger partial charge is 0.326 e. The van der Waals surface area contributed by atoms with Crippen LogP contribution >= 0.6 is 0 Å². The van der Waals surface area contributed by atoms with Crippen LogP contribution in [-0.4, -0.2) is 17.9 Å². The quantitative estimate of drug-likeness (QED) is 0.799. The lowest BCUT2D eigenvalue weighted by molar-refractivity contribution is -0.131. The van der Waals surface area contributed by atoms with Gasteiger partial charge in [-0.2, -0.15) is 5.26 Å². The van der Waals surface area contributed by atoms with Crippen LogP contribution in [0.3, 0.4) is 0 Å². The molecular formula is C15H20N2O. The molecule has 1 unspecified atom stereocenters. The zero-order chi connectivity index (χ0) is 13.5. The molecule has 0 radical (unpaired) electrons. The number of aryl methyl sites for hydroxylation is 1. The first-order chi connectivity index (χ1) is 8.63. The molecule has 1 atom stereocenters. The summed E-state index contributed by atoms with van der Waals surface area (Å²) in [6.45, 7) is 4.05. The summed E-state index contributed by atoms with van der Waals surface area (Å²) in [6, 6.07) is 9.60. The van der Waals surface area contributed by atoms with Crippen molar-refractivity contribution in [2.24, 2.45) is 0 Å². The van der Waals surface area contributed by atoms with Gasteiger partial charge in [0.2, 0.25) is 5.91 Å². The van der Waals surface area contributed by atoms with Crippen LogP contribution in [0, 0.1) is 11.3 Å². The predicted octanol–water partition coefficient (Wildman–Crippen LogP) is 3.07. The van der Waals surface area contributed by atoms with Gasteiger partial charge in [-0.1, -0.05) is 38.1 Å². The van der Waals surface area contributed by atoms with Crippen molar-refractivity contribution in [3.8, 4) is 6.07 Å². The number of amides is 1. The maximum absolute atomic E-state index is 11.8. The van der Waals surface area contributed by atoms with E-state index in [1.807, 2.05) is 31.2 Å². The van der Waals surface area contributed by atoms with Crippen LogP contribution < -0.4 is 0 Å². The smallest absolute Gasteiger partial charge is 0.223 e. The van der Waals surface area contributed by atoms with Crippen LogP contribution in [0.25, 0.3) is 0 Å². The van der Waals surface area contributed by atoms with Crippen molar-refractivity contribution in [3.63, 3.8) is 0 Å². The first-order valence-corrected chi connectivity index (χ1v) is 6.38. The summed E-state index contributed by atoms with van der Waals surface area (Å²) in [5.41, 5.74) is 2.11. The van der Waals surface area contributed by atoms with Crippen molar-refractivity contribution in [1.82, 2.24) is 4.90 Å². The maximum atomic E-state index is 11.8. The molecular weight excluding hydrogens is 224 g/mol. The van der Waals surface area contributed by atoms with Crippen LogP contribution in [0.15, 0.2) is 24.3 Å². The Bertz CT molecular complexity index is 431. The SMILES string of the molecule is CCCC(=O)N(C)C(C#N)c1ccc(CC)cc1. The molecule has 0 aliphatic carbocycles. The highest BCUT2D eigenvalue weighted by atomic mass is 16.2. The molecule has 0 spiro atoms. The van der Waals surface area contributed by atoms with Crippen molar-refractivity contribution in [3.05, 3.63) is 35.4 Å². The fourth-order valence-electron chi connectivity index (χ4n) is 1.85. The number of carbonyl (C=O) groups excluding carboxylic acids is 1. The predicted molar refractivity (Wildman–Crippen MR) is 71.9 cm³/mol. The molecule has 0 saturated carbocycles. The van der Waals surface area contributed by atoms with Crippen molar-refractivity contribution < 1.29 is 4.79 Å². The Balaban J connectivity index is 2.88. The minimum Gasteiger partial charge on any atom is -0.326 e. The Hall–Kier alpha value is -1.82. The van der Waals surface area contributed by atoms with E-state index in [-0.39, 0.29) is 5.91 Å². The first-order valence-electron chi connectivity index (χ1n) is 6.38. The third-order valence-corrected chi connectivity index (χ3v) is 3.07. The summed E-state index contributed by atoms with van der Waals surface area (Å²) < 4.78 is 0. The van der Waals surface area contributed by atoms with E-state index in [0.29, 0.717) is 6.42 Å². The number of rotatable bonds is 5. The number of hydrogen-bond donors (Lipinski definition) is 0. The Morgan fingerprint density at radius 3 is 2.39 bits per heavy atom. The van der Waals surface area contributed by atoms with Crippen molar-refractivity contribution >= 4 is 5.91 Å². The van der Waals surface area contributed by atoms with Crippen LogP contribution in [-0.2, 0) is 11.2 Å². The van der Waals surface area contributed by atoms with E-state index in [1.54, 1.807) is 7.05 Å². The topological polar surface area (TPSA) is 44.1 Å². The van der Waals surface area contributed by atoms with Crippen LogP contribution in [0.5, 0.6) is 0 Å². The molecule has 3 nitrogen and oxygen atoms in total. The third-order valence-electron chi connectivity index (χ3n) is 3.07. The summed E-state index contributed by atoms with van der Waals surface area (Å²) in [5.74, 6) is 0.0172. The summed E-state index contributed by atoms with van der Waals surface area (Å²) in [7, 11) is 1.69. The van der Waals surface area contributed by atoms with E-state index in [2.05, 4.69) is 13.0 Å². The molecule has 1 amide bonds. The molecule has 3 heteroatoms. The van der Waals surface area contributed by atoms with Gasteiger partial charge in [-0.15, -0.1) is 0 Å². The van der Waals surface area contributed by atoms with Gasteiger partial charge in [0.25, 0.3) is 0 Å². The first kappa shape index (κ1) is 14.2. The zero-order valence-corrected chi connectivity index (χ0v) is 11.3. The Kier molecular flexibility index (Phi) is 5.38. The van der Waals surface area contributed by atoms with Gasteiger partial charge in [0.1, 0.15) is 6.04 Å². The zero-order valence-electron chi connectivity index (χ0n) is 11.3. The molecule has 0 N–H and O–H groups in total. The fourth-order valence-corrected chi connectivity index (χ4v) is 1.85. The van der Waals surface area contributed by atoms with E-state index in [9.17, 15) is 10.1 Å². The van der Waals surface area contributed by atoms with E-state index in [4.69, 9.17) is 0 Å². The second-order valence-electron chi connectivity index (χ2n) is 4.38. The summed E-state index contributed by atoms with van der Waals surface area (Å²) in [4.78, 5) is 13.3. The molecule has 18 heavy (non-hydrogen) atoms. The second kappa shape index (κ2) is 6.80. The van der Waals surface area contributed by atoms with E-state index in [0.717, 1.165) is 18.4 Å². The fraction of sp³-hybridized carbons (Fsp3) is 0.467. The number of nitrogens with zero attached hydrogens (tertiary/aromatic N) is 2. The minimum absolute atomic E-state index is 0.0172. The molecule has 1 aromatic carbocycles. The van der Waals surface area contributed by atoms with Gasteiger partial charge in [0, 0.05) is 13.5 Å². The van der Waals surface area contributed by atoms with Gasteiger partial charge in [0.15, 0.2) is 0 Å². The summed E-state index contributed by atoms with van der Waals surface area (Å²) >= 11 is 0. The molecule has 1 rings (SSSR count).